The number of nitrogens with zero attached hydrogens (tertiary/aromatic N) is 3. The first-order chi connectivity index (χ1) is 16.1. The molecule has 4 unspecified atom stereocenters. The average Bonchev–Trinajstić information content (AvgIpc) is 3.53. The van der Waals surface area contributed by atoms with E-state index in [0.29, 0.717) is 23.9 Å². The second-order valence-electron chi connectivity index (χ2n) is 9.67. The molecule has 4 aliphatic carbocycles. The van der Waals surface area contributed by atoms with E-state index in [9.17, 15) is 14.4 Å². The summed E-state index contributed by atoms with van der Waals surface area (Å²) in [5.74, 6) is -0.238. The SMILES string of the molecule is O=C(NN1C(=O)[C@@H]2C3C=CC(C4CC43)[C@@H]2C1=O)c1ccc(Cn2cnc3ccccc32)cc1. The minimum atomic E-state index is -0.444. The van der Waals surface area contributed by atoms with Crippen LogP contribution in [0.4, 0.5) is 0 Å². The Balaban J connectivity index is 1.07. The van der Waals surface area contributed by atoms with E-state index < -0.39 is 5.91 Å². The van der Waals surface area contributed by atoms with E-state index in [1.807, 2.05) is 36.4 Å². The summed E-state index contributed by atoms with van der Waals surface area (Å²) in [5, 5.41) is 0.987. The van der Waals surface area contributed by atoms with Gasteiger partial charge in [0.1, 0.15) is 0 Å². The Morgan fingerprint density at radius 1 is 0.939 bits per heavy atom. The minimum absolute atomic E-state index is 0.141. The summed E-state index contributed by atoms with van der Waals surface area (Å²) in [5.41, 5.74) is 6.01. The van der Waals surface area contributed by atoms with Crippen LogP contribution in [0.5, 0.6) is 0 Å². The normalized spacial score (nSPS) is 31.1. The molecular weight excluding hydrogens is 416 g/mol. The molecule has 2 heterocycles. The maximum Gasteiger partial charge on any atom is 0.270 e. The van der Waals surface area contributed by atoms with Gasteiger partial charge in [-0.2, -0.15) is 5.01 Å². The lowest BCUT2D eigenvalue weighted by molar-refractivity contribution is -0.143. The predicted octanol–water partition coefficient (Wildman–Crippen LogP) is 2.78. The monoisotopic (exact) mass is 438 g/mol. The van der Waals surface area contributed by atoms with E-state index in [0.717, 1.165) is 28.0 Å². The number of hydrogen-bond acceptors (Lipinski definition) is 4. The van der Waals surface area contributed by atoms with Gasteiger partial charge in [0.2, 0.25) is 0 Å². The van der Waals surface area contributed by atoms with Gasteiger partial charge < -0.3 is 4.57 Å². The number of benzene rings is 2. The number of carbonyl (C=O) groups is 3. The molecule has 2 aromatic carbocycles. The number of aromatic nitrogens is 2. The summed E-state index contributed by atoms with van der Waals surface area (Å²) in [4.78, 5) is 43.4. The van der Waals surface area contributed by atoms with Crippen LogP contribution in [0.25, 0.3) is 11.0 Å². The number of rotatable bonds is 4. The first-order valence-corrected chi connectivity index (χ1v) is 11.5. The van der Waals surface area contributed by atoms with Crippen LogP contribution in [-0.4, -0.2) is 32.3 Å². The number of hydrazine groups is 1. The van der Waals surface area contributed by atoms with Crippen molar-refractivity contribution in [2.75, 3.05) is 0 Å². The molecule has 1 aromatic heterocycles. The van der Waals surface area contributed by atoms with Crippen LogP contribution in [0.15, 0.2) is 67.0 Å². The second kappa shape index (κ2) is 6.63. The molecule has 8 rings (SSSR count). The van der Waals surface area contributed by atoms with Gasteiger partial charge in [-0.15, -0.1) is 0 Å². The lowest BCUT2D eigenvalue weighted by Crippen LogP contribution is -2.46. The lowest BCUT2D eigenvalue weighted by Gasteiger charge is -2.37. The fourth-order valence-corrected chi connectivity index (χ4v) is 6.33. The highest BCUT2D eigenvalue weighted by molar-refractivity contribution is 6.08. The Morgan fingerprint density at radius 2 is 1.61 bits per heavy atom. The number of imidazole rings is 1. The molecule has 1 aliphatic heterocycles. The summed E-state index contributed by atoms with van der Waals surface area (Å²) in [6, 6.07) is 15.2. The first kappa shape index (κ1) is 18.8. The predicted molar refractivity (Wildman–Crippen MR) is 119 cm³/mol. The van der Waals surface area contributed by atoms with Crippen molar-refractivity contribution in [3.05, 3.63) is 78.1 Å². The molecule has 1 N–H and O–H groups in total. The summed E-state index contributed by atoms with van der Waals surface area (Å²) in [7, 11) is 0. The molecule has 3 amide bonds. The van der Waals surface area contributed by atoms with Crippen LogP contribution in [-0.2, 0) is 16.1 Å². The molecular formula is C26H22N4O3. The quantitative estimate of drug-likeness (QED) is 0.502. The summed E-state index contributed by atoms with van der Waals surface area (Å²) >= 11 is 0. The Hall–Kier alpha value is -3.74. The third kappa shape index (κ3) is 2.68. The Bertz CT molecular complexity index is 1320. The van der Waals surface area contributed by atoms with E-state index >= 15 is 0 Å². The standard InChI is InChI=1S/C26H22N4O3/c31-24(15-7-5-14(6-8-15)12-29-13-27-20-3-1-2-4-21(20)29)28-30-25(32)22-16-9-10-17(19-11-18(16)19)23(22)26(30)33/h1-10,13,16-19,22-23H,11-12H2,(H,28,31)/t16?,17?,18?,19?,22-,23+. The topological polar surface area (TPSA) is 84.3 Å². The molecule has 2 saturated carbocycles. The molecule has 6 atom stereocenters. The van der Waals surface area contributed by atoms with Gasteiger partial charge in [0, 0.05) is 12.1 Å². The largest absolute Gasteiger partial charge is 0.326 e. The minimum Gasteiger partial charge on any atom is -0.326 e. The fourth-order valence-electron chi connectivity index (χ4n) is 6.33. The smallest absolute Gasteiger partial charge is 0.270 e. The molecule has 33 heavy (non-hydrogen) atoms. The highest BCUT2D eigenvalue weighted by Gasteiger charge is 2.67. The van der Waals surface area contributed by atoms with E-state index in [1.54, 1.807) is 18.5 Å². The van der Waals surface area contributed by atoms with Crippen LogP contribution in [0.3, 0.4) is 0 Å². The van der Waals surface area contributed by atoms with E-state index in [1.165, 1.54) is 0 Å². The third-order valence-electron chi connectivity index (χ3n) is 7.97. The highest BCUT2D eigenvalue weighted by Crippen LogP contribution is 2.65. The van der Waals surface area contributed by atoms with Crippen LogP contribution in [0.2, 0.25) is 0 Å². The van der Waals surface area contributed by atoms with Gasteiger partial charge in [-0.25, -0.2) is 4.98 Å². The molecule has 0 spiro atoms. The van der Waals surface area contributed by atoms with Gasteiger partial charge in [0.25, 0.3) is 17.7 Å². The zero-order valence-electron chi connectivity index (χ0n) is 17.8. The van der Waals surface area contributed by atoms with Crippen LogP contribution in [0.1, 0.15) is 22.3 Å². The Morgan fingerprint density at radius 3 is 2.30 bits per heavy atom. The van der Waals surface area contributed by atoms with Gasteiger partial charge in [0.15, 0.2) is 0 Å². The Kier molecular flexibility index (Phi) is 3.78. The zero-order chi connectivity index (χ0) is 22.3. The number of imide groups is 1. The molecule has 5 aliphatic rings. The van der Waals surface area contributed by atoms with Gasteiger partial charge in [-0.05, 0) is 59.9 Å². The number of carbonyl (C=O) groups excluding carboxylic acids is 3. The maximum atomic E-state index is 13.1. The second-order valence-corrected chi connectivity index (χ2v) is 9.67. The van der Waals surface area contributed by atoms with Crippen molar-refractivity contribution in [2.24, 2.45) is 35.5 Å². The van der Waals surface area contributed by atoms with Crippen molar-refractivity contribution in [3.8, 4) is 0 Å². The molecule has 7 heteroatoms. The zero-order valence-corrected chi connectivity index (χ0v) is 17.8. The van der Waals surface area contributed by atoms with Crippen molar-refractivity contribution in [3.63, 3.8) is 0 Å². The number of amides is 3. The summed E-state index contributed by atoms with van der Waals surface area (Å²) in [6.45, 7) is 0.632. The molecule has 2 bridgehead atoms. The number of nitrogens with one attached hydrogen (secondary N) is 1. The molecule has 1 saturated heterocycles. The number of fused-ring (bicyclic) bond motifs is 1. The van der Waals surface area contributed by atoms with Gasteiger partial charge in [-0.1, -0.05) is 36.4 Å². The van der Waals surface area contributed by atoms with Gasteiger partial charge in [0.05, 0.1) is 29.2 Å². The van der Waals surface area contributed by atoms with Crippen LogP contribution in [0, 0.1) is 35.5 Å². The molecule has 164 valence electrons. The van der Waals surface area contributed by atoms with Gasteiger partial charge in [-0.3, -0.25) is 19.8 Å². The average molecular weight is 438 g/mol. The van der Waals surface area contributed by atoms with E-state index in [4.69, 9.17) is 0 Å². The molecule has 3 aromatic rings. The molecule has 3 fully saturated rings. The first-order valence-electron chi connectivity index (χ1n) is 11.5. The van der Waals surface area contributed by atoms with Gasteiger partial charge >= 0.3 is 0 Å². The number of allylic oxidation sites excluding steroid dienone is 2. The van der Waals surface area contributed by atoms with E-state index in [-0.39, 0.29) is 35.5 Å². The molecule has 7 nitrogen and oxygen atoms in total. The van der Waals surface area contributed by atoms with Crippen molar-refractivity contribution in [1.82, 2.24) is 20.0 Å². The summed E-state index contributed by atoms with van der Waals surface area (Å²) < 4.78 is 2.06. The maximum absolute atomic E-state index is 13.1. The third-order valence-corrected chi connectivity index (χ3v) is 7.97. The fraction of sp³-hybridized carbons (Fsp3) is 0.308. The number of hydrogen-bond donors (Lipinski definition) is 1. The van der Waals surface area contributed by atoms with Crippen molar-refractivity contribution in [2.45, 2.75) is 13.0 Å². The van der Waals surface area contributed by atoms with E-state index in [2.05, 4.69) is 27.1 Å². The lowest BCUT2D eigenvalue weighted by atomic mass is 9.63. The Labute approximate surface area is 190 Å². The van der Waals surface area contributed by atoms with Crippen LogP contribution >= 0.6 is 0 Å². The van der Waals surface area contributed by atoms with Crippen molar-refractivity contribution in [1.29, 1.82) is 0 Å². The van der Waals surface area contributed by atoms with Crippen molar-refractivity contribution >= 4 is 28.8 Å². The summed E-state index contributed by atoms with van der Waals surface area (Å²) in [6.07, 6.45) is 7.17. The molecule has 0 radical (unpaired) electrons. The highest BCUT2D eigenvalue weighted by atomic mass is 16.2. The number of para-hydroxylation sites is 2. The van der Waals surface area contributed by atoms with Crippen LogP contribution < -0.4 is 5.43 Å². The van der Waals surface area contributed by atoms with Crippen molar-refractivity contribution < 1.29 is 14.4 Å².